The van der Waals surface area contributed by atoms with Crippen LogP contribution in [-0.2, 0) is 6.42 Å². The lowest BCUT2D eigenvalue weighted by Gasteiger charge is -2.08. The van der Waals surface area contributed by atoms with E-state index in [4.69, 9.17) is 16.3 Å². The fraction of sp³-hybridized carbons (Fsp3) is 0.105. The fourth-order valence-corrected chi connectivity index (χ4v) is 3.04. The molecule has 0 bridgehead atoms. The summed E-state index contributed by atoms with van der Waals surface area (Å²) in [6.45, 7) is 0.641. The quantitative estimate of drug-likeness (QED) is 0.754. The number of carbonyl (C=O) groups excluding carboxylic acids is 1. The van der Waals surface area contributed by atoms with Crippen LogP contribution in [0.2, 0.25) is 5.02 Å². The van der Waals surface area contributed by atoms with E-state index in [-0.39, 0.29) is 11.4 Å². The second kappa shape index (κ2) is 6.72. The first-order valence-corrected chi connectivity index (χ1v) is 8.33. The van der Waals surface area contributed by atoms with Crippen LogP contribution in [0.3, 0.4) is 0 Å². The summed E-state index contributed by atoms with van der Waals surface area (Å²) in [7, 11) is 0. The first kappa shape index (κ1) is 16.5. The third kappa shape index (κ3) is 3.11. The number of nitrogens with zero attached hydrogens (tertiary/aromatic N) is 2. The van der Waals surface area contributed by atoms with Gasteiger partial charge in [-0.25, -0.2) is 9.37 Å². The third-order valence-electron chi connectivity index (χ3n) is 4.07. The van der Waals surface area contributed by atoms with Crippen LogP contribution in [0.5, 0.6) is 5.75 Å². The molecule has 2 aromatic carbocycles. The second-order valence-corrected chi connectivity index (χ2v) is 6.17. The van der Waals surface area contributed by atoms with Crippen molar-refractivity contribution < 1.29 is 13.9 Å². The Labute approximate surface area is 153 Å². The summed E-state index contributed by atoms with van der Waals surface area (Å²) in [6.07, 6.45) is 3.74. The normalized spacial score (nSPS) is 12.4. The molecule has 1 aromatic heterocycles. The Morgan fingerprint density at radius 3 is 2.81 bits per heavy atom. The Kier molecular flexibility index (Phi) is 4.26. The maximum Gasteiger partial charge on any atom is 0.259 e. The Morgan fingerprint density at radius 1 is 1.19 bits per heavy atom. The molecule has 2 heterocycles. The van der Waals surface area contributed by atoms with Crippen LogP contribution in [0, 0.1) is 5.82 Å². The summed E-state index contributed by atoms with van der Waals surface area (Å²) in [5.41, 5.74) is 2.27. The number of hydrogen-bond donors (Lipinski definition) is 1. The zero-order chi connectivity index (χ0) is 18.1. The van der Waals surface area contributed by atoms with Crippen molar-refractivity contribution in [3.05, 3.63) is 70.8 Å². The van der Waals surface area contributed by atoms with Gasteiger partial charge in [0.15, 0.2) is 5.82 Å². The molecule has 4 rings (SSSR count). The number of halogens is 2. The maximum absolute atomic E-state index is 13.7. The number of fused-ring (bicyclic) bond motifs is 1. The van der Waals surface area contributed by atoms with Crippen molar-refractivity contribution >= 4 is 23.3 Å². The lowest BCUT2D eigenvalue weighted by molar-refractivity contribution is 0.102. The summed E-state index contributed by atoms with van der Waals surface area (Å²) in [5, 5.41) is 3.09. The largest absolute Gasteiger partial charge is 0.493 e. The van der Waals surface area contributed by atoms with Gasteiger partial charge in [-0.05, 0) is 29.8 Å². The molecule has 0 radical (unpaired) electrons. The smallest absolute Gasteiger partial charge is 0.259 e. The minimum Gasteiger partial charge on any atom is -0.493 e. The van der Waals surface area contributed by atoms with Gasteiger partial charge in [0.2, 0.25) is 0 Å². The van der Waals surface area contributed by atoms with Gasteiger partial charge in [0.05, 0.1) is 35.3 Å². The van der Waals surface area contributed by atoms with E-state index in [0.717, 1.165) is 17.7 Å². The molecule has 0 atom stereocenters. The summed E-state index contributed by atoms with van der Waals surface area (Å²) in [4.78, 5) is 20.6. The van der Waals surface area contributed by atoms with E-state index < -0.39 is 11.7 Å². The van der Waals surface area contributed by atoms with E-state index in [0.29, 0.717) is 22.9 Å². The van der Waals surface area contributed by atoms with Gasteiger partial charge in [0.1, 0.15) is 11.6 Å². The SMILES string of the molecule is O=C(Nc1cnc(-c2cc3c(cc2Cl)CCO3)cn1)c1ccccc1F. The predicted molar refractivity (Wildman–Crippen MR) is 96.0 cm³/mol. The Hall–Kier alpha value is -2.99. The van der Waals surface area contributed by atoms with Gasteiger partial charge >= 0.3 is 0 Å². The van der Waals surface area contributed by atoms with E-state index in [1.165, 1.54) is 30.6 Å². The van der Waals surface area contributed by atoms with E-state index in [9.17, 15) is 9.18 Å². The van der Waals surface area contributed by atoms with Crippen molar-refractivity contribution in [1.29, 1.82) is 0 Å². The maximum atomic E-state index is 13.7. The molecule has 0 saturated carbocycles. The van der Waals surface area contributed by atoms with E-state index in [2.05, 4.69) is 15.3 Å². The molecule has 0 aliphatic carbocycles. The number of carbonyl (C=O) groups is 1. The van der Waals surface area contributed by atoms with Gasteiger partial charge < -0.3 is 10.1 Å². The van der Waals surface area contributed by atoms with Crippen LogP contribution >= 0.6 is 11.6 Å². The van der Waals surface area contributed by atoms with E-state index in [1.807, 2.05) is 12.1 Å². The molecule has 130 valence electrons. The zero-order valence-corrected chi connectivity index (χ0v) is 14.3. The molecular weight excluding hydrogens is 357 g/mol. The molecule has 1 aliphatic rings. The van der Waals surface area contributed by atoms with Gasteiger partial charge in [0, 0.05) is 12.0 Å². The molecule has 5 nitrogen and oxygen atoms in total. The summed E-state index contributed by atoms with van der Waals surface area (Å²) < 4.78 is 19.2. The monoisotopic (exact) mass is 369 g/mol. The molecule has 0 fully saturated rings. The predicted octanol–water partition coefficient (Wildman–Crippen LogP) is 4.12. The Morgan fingerprint density at radius 2 is 2.04 bits per heavy atom. The van der Waals surface area contributed by atoms with Crippen LogP contribution in [0.25, 0.3) is 11.3 Å². The standard InChI is InChI=1S/C19H13ClFN3O2/c20-14-7-11-5-6-26-17(11)8-13(14)16-9-23-18(10-22-16)24-19(25)12-3-1-2-4-15(12)21/h1-4,7-10H,5-6H2,(H,23,24,25). The van der Waals surface area contributed by atoms with Gasteiger partial charge in [-0.1, -0.05) is 23.7 Å². The number of hydrogen-bond acceptors (Lipinski definition) is 4. The summed E-state index contributed by atoms with van der Waals surface area (Å²) in [5.74, 6) is -0.174. The van der Waals surface area contributed by atoms with Gasteiger partial charge in [-0.2, -0.15) is 0 Å². The fourth-order valence-electron chi connectivity index (χ4n) is 2.75. The number of nitrogens with one attached hydrogen (secondary N) is 1. The average Bonchev–Trinajstić information content (AvgIpc) is 3.09. The van der Waals surface area contributed by atoms with E-state index in [1.54, 1.807) is 6.07 Å². The third-order valence-corrected chi connectivity index (χ3v) is 4.38. The van der Waals surface area contributed by atoms with Crippen LogP contribution in [-0.4, -0.2) is 22.5 Å². The number of ether oxygens (including phenoxy) is 1. The van der Waals surface area contributed by atoms with Gasteiger partial charge in [-0.3, -0.25) is 9.78 Å². The summed E-state index contributed by atoms with van der Waals surface area (Å²) >= 11 is 6.33. The van der Waals surface area contributed by atoms with Crippen molar-refractivity contribution in [1.82, 2.24) is 9.97 Å². The lowest BCUT2D eigenvalue weighted by atomic mass is 10.1. The van der Waals surface area contributed by atoms with Crippen molar-refractivity contribution in [2.24, 2.45) is 0 Å². The number of rotatable bonds is 3. The minimum atomic E-state index is -0.598. The first-order chi connectivity index (χ1) is 12.6. The molecule has 3 aromatic rings. The lowest BCUT2D eigenvalue weighted by Crippen LogP contribution is -2.14. The van der Waals surface area contributed by atoms with Crippen molar-refractivity contribution in [3.63, 3.8) is 0 Å². The number of amides is 1. The minimum absolute atomic E-state index is 0.0582. The van der Waals surface area contributed by atoms with Crippen molar-refractivity contribution in [2.45, 2.75) is 6.42 Å². The molecule has 1 aliphatic heterocycles. The highest BCUT2D eigenvalue weighted by molar-refractivity contribution is 6.33. The molecular formula is C19H13ClFN3O2. The highest BCUT2D eigenvalue weighted by atomic mass is 35.5. The van der Waals surface area contributed by atoms with Gasteiger partial charge in [0.25, 0.3) is 5.91 Å². The second-order valence-electron chi connectivity index (χ2n) is 5.76. The molecule has 26 heavy (non-hydrogen) atoms. The average molecular weight is 370 g/mol. The van der Waals surface area contributed by atoms with Crippen LogP contribution in [0.4, 0.5) is 10.2 Å². The molecule has 1 amide bonds. The molecule has 1 N–H and O–H groups in total. The topological polar surface area (TPSA) is 64.1 Å². The van der Waals surface area contributed by atoms with Crippen molar-refractivity contribution in [3.8, 4) is 17.0 Å². The van der Waals surface area contributed by atoms with Crippen LogP contribution < -0.4 is 10.1 Å². The Bertz CT molecular complexity index is 993. The summed E-state index contributed by atoms with van der Waals surface area (Å²) in [6, 6.07) is 9.44. The number of anilines is 1. The van der Waals surface area contributed by atoms with E-state index >= 15 is 0 Å². The van der Waals surface area contributed by atoms with Crippen LogP contribution in [0.15, 0.2) is 48.8 Å². The molecule has 7 heteroatoms. The van der Waals surface area contributed by atoms with Gasteiger partial charge in [-0.15, -0.1) is 0 Å². The molecule has 0 unspecified atom stereocenters. The number of aromatic nitrogens is 2. The zero-order valence-electron chi connectivity index (χ0n) is 13.5. The molecule has 0 spiro atoms. The number of benzene rings is 2. The Balaban J connectivity index is 1.56. The van der Waals surface area contributed by atoms with Crippen LogP contribution in [0.1, 0.15) is 15.9 Å². The first-order valence-electron chi connectivity index (χ1n) is 7.95. The van der Waals surface area contributed by atoms with Crippen molar-refractivity contribution in [2.75, 3.05) is 11.9 Å². The highest BCUT2D eigenvalue weighted by Crippen LogP contribution is 2.36. The molecule has 0 saturated heterocycles. The highest BCUT2D eigenvalue weighted by Gasteiger charge is 2.17.